The third kappa shape index (κ3) is 22.6. The molecule has 0 bridgehead atoms. The van der Waals surface area contributed by atoms with Crippen LogP contribution in [-0.4, -0.2) is 88.3 Å². The van der Waals surface area contributed by atoms with Crippen molar-refractivity contribution in [1.29, 1.82) is 5.26 Å². The fraction of sp³-hybridized carbons (Fsp3) is 0.213. The second-order valence-corrected chi connectivity index (χ2v) is 38.2. The van der Waals surface area contributed by atoms with Gasteiger partial charge in [0.1, 0.15) is 0 Å². The third-order valence-electron chi connectivity index (χ3n) is 27.9. The maximum absolute atomic E-state index is 11.0. The quantitative estimate of drug-likeness (QED) is 0.0206. The monoisotopic (exact) mass is 1960 g/mol. The number of nitriles is 1. The van der Waals surface area contributed by atoms with Crippen molar-refractivity contribution in [2.75, 3.05) is 0 Å². The van der Waals surface area contributed by atoms with Crippen molar-refractivity contribution in [1.82, 2.24) is 0 Å². The molecular formula is C127H103Cl3N4O11. The molecule has 7 aliphatic carbocycles. The van der Waals surface area contributed by atoms with Crippen LogP contribution < -0.4 is 0 Å². The van der Waals surface area contributed by atoms with Gasteiger partial charge >= 0.3 is 0 Å². The highest BCUT2D eigenvalue weighted by atomic mass is 35.5. The molecule has 0 spiro atoms. The predicted octanol–water partition coefficient (Wildman–Crippen LogP) is 24.8. The molecule has 0 amide bonds. The molecule has 11 unspecified atom stereocenters. The van der Waals surface area contributed by atoms with Crippen LogP contribution in [0.4, 0.5) is 17.1 Å². The number of aryl methyl sites for hydroxylation is 2. The third-order valence-corrected chi connectivity index (χ3v) is 28.6. The number of benzene rings is 14. The highest BCUT2D eigenvalue weighted by Gasteiger charge is 2.41. The summed E-state index contributed by atoms with van der Waals surface area (Å²) in [6, 6.07) is 93.4. The Morgan fingerprint density at radius 3 is 0.828 bits per heavy atom. The summed E-state index contributed by atoms with van der Waals surface area (Å²) in [5.74, 6) is 16.9. The molecule has 7 N–H and O–H groups in total. The summed E-state index contributed by atoms with van der Waals surface area (Å²) in [6.07, 6.45) is 39.0. The zero-order valence-electron chi connectivity index (χ0n) is 79.7. The lowest BCUT2D eigenvalue weighted by atomic mass is 9.74. The van der Waals surface area contributed by atoms with Crippen molar-refractivity contribution < 1.29 is 45.6 Å². The van der Waals surface area contributed by atoms with Gasteiger partial charge in [-0.2, -0.15) is 5.26 Å². The van der Waals surface area contributed by atoms with Crippen molar-refractivity contribution in [3.05, 3.63) is 471 Å². The van der Waals surface area contributed by atoms with Crippen molar-refractivity contribution in [3.8, 4) is 126 Å². The molecule has 0 aliphatic heterocycles. The predicted molar refractivity (Wildman–Crippen MR) is 576 cm³/mol. The number of hydrogen-bond acceptors (Lipinski definition) is 12. The Labute approximate surface area is 862 Å². The number of non-ortho nitro benzene ring substituents is 2. The highest BCUT2D eigenvalue weighted by molar-refractivity contribution is 6.32. The number of rotatable bonds is 16. The van der Waals surface area contributed by atoms with Gasteiger partial charge in [0.25, 0.3) is 11.4 Å². The van der Waals surface area contributed by atoms with E-state index in [9.17, 15) is 56.0 Å². The van der Waals surface area contributed by atoms with E-state index in [-0.39, 0.29) is 59.7 Å². The maximum atomic E-state index is 11.0. The first kappa shape index (κ1) is 104. The standard InChI is InChI=1S/C19H12N2O.2C19H18O.C18H15ClO.C18H16O.C17H12Cl2O.C17H12N2O5/c1-3-4-18(22)19-14-7-5-12(11-20)9-16(14)17-10-13(21-2)6-8-15(17)19;2*1-3-6-18(20)19-16-8-5-4-7-14(16)12-15-11-13(2)9-10-17(15)19;1-2-5-17(20)18-15-7-4-3-6-12(15)10-13-11-14(19)8-9-16(13)18;1-2-7-17(19)18-15-10-5-3-8-13(15)12-14-9-4-6-11-16(14)18;1-2-3-16(20)17-12-6-4-10(18)8-14(12)15-9-11(19)5-7-13(15)17;1-2-3-16(20)17-12-6-4-10(18(21)22)8-14(12)15-9-11(19(23)24)5-7-13(15)17/h1,5-10,18-19,22H,4H2;2*1,4-5,7-11,18-20H,6,12H2,2H3;1,3-4,6-9,11,17-18,20H,5,10H2;1,3-6,8-11,17-19H,7,12H2;1,4-9,16-17,20H,3H2;1,4-9,16-17,20H,3H2. The van der Waals surface area contributed by atoms with Crippen LogP contribution in [0.25, 0.3) is 38.2 Å². The average Bonchev–Trinajstić information content (AvgIpc) is 1.63. The van der Waals surface area contributed by atoms with Crippen LogP contribution in [0.2, 0.25) is 15.1 Å². The Bertz CT molecular complexity index is 7200. The summed E-state index contributed by atoms with van der Waals surface area (Å²) in [6.45, 7) is 11.4. The van der Waals surface area contributed by atoms with Crippen LogP contribution >= 0.6 is 34.8 Å². The van der Waals surface area contributed by atoms with Gasteiger partial charge in [-0.3, -0.25) is 20.2 Å². The lowest BCUT2D eigenvalue weighted by Crippen LogP contribution is -2.25. The van der Waals surface area contributed by atoms with E-state index in [0.29, 0.717) is 75.7 Å². The first-order valence-electron chi connectivity index (χ1n) is 47.6. The van der Waals surface area contributed by atoms with E-state index < -0.39 is 58.5 Å². The topological polar surface area (TPSA) is 256 Å². The van der Waals surface area contributed by atoms with Gasteiger partial charge in [0.15, 0.2) is 5.69 Å². The van der Waals surface area contributed by atoms with E-state index in [4.69, 9.17) is 91.6 Å². The number of nitrogens with zero attached hydrogens (tertiary/aromatic N) is 4. The van der Waals surface area contributed by atoms with E-state index in [1.54, 1.807) is 24.3 Å². The van der Waals surface area contributed by atoms with Gasteiger partial charge in [0.2, 0.25) is 0 Å². The highest BCUT2D eigenvalue weighted by Crippen LogP contribution is 2.54. The fourth-order valence-electron chi connectivity index (χ4n) is 21.6. The molecule has 0 saturated heterocycles. The van der Waals surface area contributed by atoms with Crippen LogP contribution in [0.3, 0.4) is 0 Å². The molecule has 0 aromatic heterocycles. The fourth-order valence-corrected chi connectivity index (χ4v) is 22.1. The molecule has 0 saturated carbocycles. The van der Waals surface area contributed by atoms with Gasteiger partial charge in [-0.1, -0.05) is 252 Å². The van der Waals surface area contributed by atoms with Crippen LogP contribution in [0.15, 0.2) is 285 Å². The van der Waals surface area contributed by atoms with Gasteiger partial charge in [-0.25, -0.2) is 4.85 Å². The first-order valence-corrected chi connectivity index (χ1v) is 48.7. The molecule has 11 atom stereocenters. The number of terminal acetylenes is 7. The zero-order valence-corrected chi connectivity index (χ0v) is 82.0. The zero-order chi connectivity index (χ0) is 103. The Morgan fingerprint density at radius 1 is 0.303 bits per heavy atom. The second kappa shape index (κ2) is 47.1. The van der Waals surface area contributed by atoms with Crippen LogP contribution in [0, 0.1) is 138 Å². The average molecular weight is 1970 g/mol. The lowest BCUT2D eigenvalue weighted by Gasteiger charge is -2.31. The van der Waals surface area contributed by atoms with Crippen molar-refractivity contribution in [2.24, 2.45) is 0 Å². The summed E-state index contributed by atoms with van der Waals surface area (Å²) in [7, 11) is 0. The summed E-state index contributed by atoms with van der Waals surface area (Å²) < 4.78 is 0. The van der Waals surface area contributed by atoms with Gasteiger partial charge in [0, 0.05) is 126 Å². The molecule has 0 heterocycles. The Hall–Kier alpha value is -15.6. The number of nitro groups is 2. The van der Waals surface area contributed by atoms with Crippen molar-refractivity contribution in [2.45, 2.75) is 169 Å². The number of halogens is 3. The molecular weight excluding hydrogens is 1860 g/mol. The molecule has 0 radical (unpaired) electrons. The second-order valence-electron chi connectivity index (χ2n) is 36.9. The molecule has 18 heteroatoms. The molecule has 15 nitrogen and oxygen atoms in total. The van der Waals surface area contributed by atoms with E-state index in [2.05, 4.69) is 188 Å². The number of aliphatic hydroxyl groups excluding tert-OH is 7. The first-order chi connectivity index (χ1) is 70.2. The van der Waals surface area contributed by atoms with E-state index in [1.807, 2.05) is 115 Å². The summed E-state index contributed by atoms with van der Waals surface area (Å²) in [5, 5.41) is 106. The van der Waals surface area contributed by atoms with Crippen LogP contribution in [-0.2, 0) is 25.7 Å². The van der Waals surface area contributed by atoms with Gasteiger partial charge in [-0.15, -0.1) is 86.4 Å². The normalized spacial score (nSPS) is 16.0. The number of nitro benzene ring substituents is 2. The van der Waals surface area contributed by atoms with Crippen molar-refractivity contribution in [3.63, 3.8) is 0 Å². The maximum Gasteiger partial charge on any atom is 0.270 e. The van der Waals surface area contributed by atoms with E-state index >= 15 is 0 Å². The minimum atomic E-state index is -0.877. The summed E-state index contributed by atoms with van der Waals surface area (Å²) >= 11 is 18.3. The van der Waals surface area contributed by atoms with Gasteiger partial charge in [-0.05, 0) is 250 Å². The molecule has 14 aromatic carbocycles. The molecule has 0 fully saturated rings. The van der Waals surface area contributed by atoms with E-state index in [1.165, 1.54) is 119 Å². The molecule has 718 valence electrons. The Balaban J connectivity index is 0.000000127. The molecule has 7 aliphatic rings. The summed E-state index contributed by atoms with van der Waals surface area (Å²) in [4.78, 5) is 24.5. The number of aliphatic hydroxyl groups is 7. The van der Waals surface area contributed by atoms with E-state index in [0.717, 1.165) is 80.8 Å². The van der Waals surface area contributed by atoms with Crippen LogP contribution in [0.1, 0.15) is 225 Å². The Morgan fingerprint density at radius 2 is 0.531 bits per heavy atom. The smallest absolute Gasteiger partial charge is 0.270 e. The minimum Gasteiger partial charge on any atom is -0.391 e. The summed E-state index contributed by atoms with van der Waals surface area (Å²) in [5.41, 5.74) is 33.5. The van der Waals surface area contributed by atoms with Crippen LogP contribution in [0.5, 0.6) is 0 Å². The SMILES string of the molecule is C#CCC(O)C1c2ccc(Cl)cc2-c2cc(Cl)ccc21.C#CCC(O)C1c2ccc([N+](=O)[O-])cc2-c2cc([N+](=O)[O-])ccc21.C#CCC(O)C1c2ccccc2Cc2cc(C)ccc21.C#CCC(O)C1c2ccccc2Cc2cc(C)ccc21.C#CCC(O)C1c2ccccc2Cc2cc(Cl)ccc21.C#CCC(O)C1c2ccccc2Cc2ccccc21.[C-]#[N+]c1ccc2c(c1)-c1cc(C#N)ccc1C2C(O)CC#C. The largest absolute Gasteiger partial charge is 0.391 e. The van der Waals surface area contributed by atoms with Crippen molar-refractivity contribution >= 4 is 51.9 Å². The van der Waals surface area contributed by atoms with Gasteiger partial charge < -0.3 is 35.7 Å². The molecule has 145 heavy (non-hydrogen) atoms. The molecule has 14 aromatic rings. The number of fused-ring (bicyclic) bond motifs is 17. The molecule has 21 rings (SSSR count). The van der Waals surface area contributed by atoms with Gasteiger partial charge in [0.05, 0.1) is 70.8 Å². The number of hydrogen-bond donors (Lipinski definition) is 7. The minimum absolute atomic E-state index is 0.00259. The lowest BCUT2D eigenvalue weighted by molar-refractivity contribution is -0.385. The Kier molecular flexibility index (Phi) is 33.7.